The van der Waals surface area contributed by atoms with Gasteiger partial charge in [-0.3, -0.25) is 19.4 Å². The number of rotatable bonds is 7. The van der Waals surface area contributed by atoms with Gasteiger partial charge < -0.3 is 15.2 Å². The van der Waals surface area contributed by atoms with Crippen LogP contribution in [0, 0.1) is 0 Å². The minimum absolute atomic E-state index is 0.0174. The van der Waals surface area contributed by atoms with Gasteiger partial charge in [-0.05, 0) is 43.5 Å². The Balaban J connectivity index is 1.29. The highest BCUT2D eigenvalue weighted by Gasteiger charge is 2.32. The minimum Gasteiger partial charge on any atom is -0.394 e. The highest BCUT2D eigenvalue weighted by atomic mass is 16.5. The average Bonchev–Trinajstić information content (AvgIpc) is 3.28. The summed E-state index contributed by atoms with van der Waals surface area (Å²) in [6.45, 7) is 0.497. The largest absolute Gasteiger partial charge is 0.394 e. The van der Waals surface area contributed by atoms with E-state index in [0.29, 0.717) is 12.1 Å². The van der Waals surface area contributed by atoms with E-state index in [1.807, 2.05) is 24.4 Å². The highest BCUT2D eigenvalue weighted by Crippen LogP contribution is 2.23. The number of pyridine rings is 2. The lowest BCUT2D eigenvalue weighted by Crippen LogP contribution is -2.51. The number of carbonyl (C=O) groups is 1. The van der Waals surface area contributed by atoms with Crippen molar-refractivity contribution >= 4 is 5.91 Å². The lowest BCUT2D eigenvalue weighted by Gasteiger charge is -2.36. The second-order valence-electron chi connectivity index (χ2n) is 7.25. The molecule has 156 valence electrons. The number of aryl methyl sites for hydroxylation is 1. The Morgan fingerprint density at radius 3 is 2.90 bits per heavy atom. The van der Waals surface area contributed by atoms with Gasteiger partial charge in [0.25, 0.3) is 5.91 Å². The third-order valence-corrected chi connectivity index (χ3v) is 5.18. The first-order valence-electron chi connectivity index (χ1n) is 10.0. The molecule has 1 aliphatic rings. The van der Waals surface area contributed by atoms with Crippen LogP contribution in [0.15, 0.2) is 55.1 Å². The number of nitrogens with one attached hydrogen (secondary N) is 1. The summed E-state index contributed by atoms with van der Waals surface area (Å²) in [6, 6.07) is 8.86. The van der Waals surface area contributed by atoms with Crippen LogP contribution >= 0.6 is 0 Å². The van der Waals surface area contributed by atoms with E-state index >= 15 is 0 Å². The summed E-state index contributed by atoms with van der Waals surface area (Å²) in [5.74, 6) is -0.210. The molecule has 0 bridgehead atoms. The van der Waals surface area contributed by atoms with Crippen molar-refractivity contribution in [1.29, 1.82) is 0 Å². The van der Waals surface area contributed by atoms with Crippen LogP contribution in [-0.4, -0.2) is 60.8 Å². The molecule has 0 spiro atoms. The van der Waals surface area contributed by atoms with Gasteiger partial charge in [-0.2, -0.15) is 0 Å². The van der Waals surface area contributed by atoms with Gasteiger partial charge in [0, 0.05) is 25.1 Å². The summed E-state index contributed by atoms with van der Waals surface area (Å²) in [5.41, 5.74) is 2.00. The molecule has 2 N–H and O–H groups in total. The van der Waals surface area contributed by atoms with Crippen LogP contribution in [0.5, 0.6) is 0 Å². The first-order chi connectivity index (χ1) is 14.7. The van der Waals surface area contributed by atoms with Gasteiger partial charge in [0.2, 0.25) is 0 Å². The standard InChI is InChI=1S/C21H24N6O3/c28-14-20-18(24-21(29)15-4-3-9-22-12-15)7-6-16(30-20)8-11-27-13-19(25-26-27)17-5-1-2-10-23-17/h1-5,9-10,12-13,16,18,20,28H,6-8,11,14H2,(H,24,29)/t16-,18+,20-/m1/s1. The molecule has 1 saturated heterocycles. The molecule has 3 atom stereocenters. The maximum absolute atomic E-state index is 12.4. The van der Waals surface area contributed by atoms with E-state index in [-0.39, 0.29) is 24.7 Å². The molecule has 0 radical (unpaired) electrons. The van der Waals surface area contributed by atoms with Crippen molar-refractivity contribution in [2.75, 3.05) is 6.61 Å². The summed E-state index contributed by atoms with van der Waals surface area (Å²) in [5, 5.41) is 21.0. The predicted octanol–water partition coefficient (Wildman–Crippen LogP) is 1.46. The second kappa shape index (κ2) is 9.55. The number of carbonyl (C=O) groups excluding carboxylic acids is 1. The number of hydrogen-bond acceptors (Lipinski definition) is 7. The first-order valence-corrected chi connectivity index (χ1v) is 10.0. The molecule has 1 fully saturated rings. The summed E-state index contributed by atoms with van der Waals surface area (Å²) in [4.78, 5) is 20.6. The van der Waals surface area contributed by atoms with Gasteiger partial charge in [-0.1, -0.05) is 11.3 Å². The van der Waals surface area contributed by atoms with Crippen molar-refractivity contribution in [2.24, 2.45) is 0 Å². The fourth-order valence-corrected chi connectivity index (χ4v) is 3.57. The number of ether oxygens (including phenoxy) is 1. The number of amides is 1. The smallest absolute Gasteiger partial charge is 0.253 e. The van der Waals surface area contributed by atoms with E-state index in [1.165, 1.54) is 6.20 Å². The quantitative estimate of drug-likeness (QED) is 0.608. The van der Waals surface area contributed by atoms with E-state index in [0.717, 1.165) is 30.7 Å². The third-order valence-electron chi connectivity index (χ3n) is 5.18. The minimum atomic E-state index is -0.441. The van der Waals surface area contributed by atoms with Crippen molar-refractivity contribution in [3.63, 3.8) is 0 Å². The molecule has 3 aromatic rings. The van der Waals surface area contributed by atoms with Crippen LogP contribution in [0.4, 0.5) is 0 Å². The van der Waals surface area contributed by atoms with Crippen LogP contribution in [0.25, 0.3) is 11.4 Å². The van der Waals surface area contributed by atoms with Crippen molar-refractivity contribution in [3.8, 4) is 11.4 Å². The number of aliphatic hydroxyl groups is 1. The topological polar surface area (TPSA) is 115 Å². The maximum Gasteiger partial charge on any atom is 0.253 e. The lowest BCUT2D eigenvalue weighted by atomic mass is 9.97. The molecule has 30 heavy (non-hydrogen) atoms. The summed E-state index contributed by atoms with van der Waals surface area (Å²) < 4.78 is 7.82. The van der Waals surface area contributed by atoms with Crippen LogP contribution in [0.2, 0.25) is 0 Å². The van der Waals surface area contributed by atoms with Gasteiger partial charge in [0.05, 0.1) is 36.2 Å². The van der Waals surface area contributed by atoms with Gasteiger partial charge in [-0.15, -0.1) is 5.10 Å². The normalized spacial score (nSPS) is 21.3. The molecule has 9 heteroatoms. The lowest BCUT2D eigenvalue weighted by molar-refractivity contribution is -0.0912. The number of hydrogen-bond donors (Lipinski definition) is 2. The van der Waals surface area contributed by atoms with Gasteiger partial charge in [-0.25, -0.2) is 0 Å². The SMILES string of the molecule is O=C(N[C@H]1CC[C@H](CCn2cc(-c3ccccn3)nn2)O[C@@H]1CO)c1cccnc1. The van der Waals surface area contributed by atoms with Crippen LogP contribution in [0.3, 0.4) is 0 Å². The molecule has 0 aliphatic carbocycles. The molecular weight excluding hydrogens is 384 g/mol. The number of aliphatic hydroxyl groups excluding tert-OH is 1. The molecule has 1 aliphatic heterocycles. The highest BCUT2D eigenvalue weighted by molar-refractivity contribution is 5.94. The fourth-order valence-electron chi connectivity index (χ4n) is 3.57. The first kappa shape index (κ1) is 20.1. The van der Waals surface area contributed by atoms with E-state index in [1.54, 1.807) is 29.2 Å². The van der Waals surface area contributed by atoms with E-state index in [4.69, 9.17) is 4.74 Å². The summed E-state index contributed by atoms with van der Waals surface area (Å²) in [7, 11) is 0. The molecule has 0 aromatic carbocycles. The zero-order chi connectivity index (χ0) is 20.8. The number of nitrogens with zero attached hydrogens (tertiary/aromatic N) is 5. The number of aromatic nitrogens is 5. The van der Waals surface area contributed by atoms with Crippen LogP contribution < -0.4 is 5.32 Å². The molecule has 3 aromatic heterocycles. The van der Waals surface area contributed by atoms with Crippen LogP contribution in [0.1, 0.15) is 29.6 Å². The van der Waals surface area contributed by atoms with E-state index in [2.05, 4.69) is 25.6 Å². The Kier molecular flexibility index (Phi) is 6.41. The monoisotopic (exact) mass is 408 g/mol. The van der Waals surface area contributed by atoms with Crippen molar-refractivity contribution in [3.05, 3.63) is 60.7 Å². The predicted molar refractivity (Wildman–Crippen MR) is 108 cm³/mol. The molecule has 4 heterocycles. The second-order valence-corrected chi connectivity index (χ2v) is 7.25. The Hall–Kier alpha value is -3.17. The molecule has 9 nitrogen and oxygen atoms in total. The van der Waals surface area contributed by atoms with Gasteiger partial charge in [0.1, 0.15) is 11.8 Å². The Labute approximate surface area is 174 Å². The summed E-state index contributed by atoms with van der Waals surface area (Å²) in [6.07, 6.45) is 8.54. The molecule has 0 saturated carbocycles. The maximum atomic E-state index is 12.4. The van der Waals surface area contributed by atoms with Crippen molar-refractivity contribution in [1.82, 2.24) is 30.3 Å². The molecule has 4 rings (SSSR count). The van der Waals surface area contributed by atoms with E-state index in [9.17, 15) is 9.90 Å². The van der Waals surface area contributed by atoms with Crippen molar-refractivity contribution < 1.29 is 14.6 Å². The molecule has 0 unspecified atom stereocenters. The Bertz CT molecular complexity index is 950. The van der Waals surface area contributed by atoms with Crippen molar-refractivity contribution in [2.45, 2.75) is 44.1 Å². The average molecular weight is 408 g/mol. The summed E-state index contributed by atoms with van der Waals surface area (Å²) >= 11 is 0. The third kappa shape index (κ3) is 4.87. The zero-order valence-electron chi connectivity index (χ0n) is 16.5. The van der Waals surface area contributed by atoms with Gasteiger partial charge in [0.15, 0.2) is 0 Å². The fraction of sp³-hybridized carbons (Fsp3) is 0.381. The zero-order valence-corrected chi connectivity index (χ0v) is 16.5. The van der Waals surface area contributed by atoms with E-state index < -0.39 is 6.10 Å². The van der Waals surface area contributed by atoms with Crippen LogP contribution in [-0.2, 0) is 11.3 Å². The van der Waals surface area contributed by atoms with Gasteiger partial charge >= 0.3 is 0 Å². The molecule has 1 amide bonds. The Morgan fingerprint density at radius 2 is 2.13 bits per heavy atom. The molecular formula is C21H24N6O3. The Morgan fingerprint density at radius 1 is 1.20 bits per heavy atom.